The predicted octanol–water partition coefficient (Wildman–Crippen LogP) is 3.41. The van der Waals surface area contributed by atoms with Gasteiger partial charge >= 0.3 is 5.97 Å². The van der Waals surface area contributed by atoms with E-state index in [1.165, 1.54) is 4.90 Å². The molecule has 0 radical (unpaired) electrons. The van der Waals surface area contributed by atoms with Crippen molar-refractivity contribution in [3.05, 3.63) is 97.1 Å². The summed E-state index contributed by atoms with van der Waals surface area (Å²) < 4.78 is 18.7. The molecule has 2 aromatic rings. The first kappa shape index (κ1) is 40.3. The zero-order valence-corrected chi connectivity index (χ0v) is 32.2. The normalized spacial score (nSPS) is 26.2. The number of amides is 3. The van der Waals surface area contributed by atoms with E-state index in [-0.39, 0.29) is 31.4 Å². The van der Waals surface area contributed by atoms with Crippen LogP contribution in [0.1, 0.15) is 49.8 Å². The van der Waals surface area contributed by atoms with Crippen LogP contribution in [0, 0.1) is 11.8 Å². The third-order valence-corrected chi connectivity index (χ3v) is 12.0. The van der Waals surface area contributed by atoms with E-state index in [9.17, 15) is 14.7 Å². The van der Waals surface area contributed by atoms with Crippen molar-refractivity contribution in [3.63, 3.8) is 0 Å². The summed E-state index contributed by atoms with van der Waals surface area (Å²) >= 11 is 0. The maximum atomic E-state index is 15.0. The quantitative estimate of drug-likeness (QED) is 0.180. The van der Waals surface area contributed by atoms with E-state index in [1.807, 2.05) is 67.6 Å². The molecule has 3 amide bonds. The summed E-state index contributed by atoms with van der Waals surface area (Å²) in [7, 11) is 1.69. The lowest BCUT2D eigenvalue weighted by atomic mass is 9.70. The molecule has 12 heteroatoms. The van der Waals surface area contributed by atoms with E-state index in [1.54, 1.807) is 29.0 Å². The first-order valence-electron chi connectivity index (χ1n) is 19.6. The first-order valence-corrected chi connectivity index (χ1v) is 19.6. The Morgan fingerprint density at radius 2 is 1.75 bits per heavy atom. The van der Waals surface area contributed by atoms with Gasteiger partial charge < -0.3 is 34.0 Å². The number of fused-ring (bicyclic) bond motifs is 1. The number of likely N-dealkylation sites (N-methyl/N-ethyl adjacent to an activating group) is 1. The number of aliphatic hydroxyl groups is 1. The van der Waals surface area contributed by atoms with Gasteiger partial charge in [-0.2, -0.15) is 0 Å². The second-order valence-corrected chi connectivity index (χ2v) is 15.2. The molecule has 8 atom stereocenters. The Labute approximate surface area is 324 Å². The first-order chi connectivity index (χ1) is 26.6. The maximum Gasteiger partial charge on any atom is 0.313 e. The highest BCUT2D eigenvalue weighted by Crippen LogP contribution is 2.59. The topological polar surface area (TPSA) is 129 Å². The largest absolute Gasteiger partial charge is 0.455 e. The zero-order chi connectivity index (χ0) is 39.1. The molecule has 4 aliphatic heterocycles. The van der Waals surface area contributed by atoms with Crippen LogP contribution in [0.25, 0.3) is 0 Å². The second kappa shape index (κ2) is 18.1. The molecule has 2 aromatic carbocycles. The van der Waals surface area contributed by atoms with Crippen molar-refractivity contribution < 1.29 is 38.5 Å². The molecule has 4 heterocycles. The summed E-state index contributed by atoms with van der Waals surface area (Å²) in [6.45, 7) is 13.2. The summed E-state index contributed by atoms with van der Waals surface area (Å²) in [5.74, 6) is -3.39. The minimum Gasteiger partial charge on any atom is -0.455 e. The highest BCUT2D eigenvalue weighted by Gasteiger charge is 2.75. The third-order valence-electron chi connectivity index (χ3n) is 12.0. The number of carbonyl (C=O) groups is 4. The van der Waals surface area contributed by atoms with E-state index in [0.29, 0.717) is 57.6 Å². The number of nitrogens with zero attached hydrogens (tertiary/aromatic N) is 4. The van der Waals surface area contributed by atoms with Crippen molar-refractivity contribution in [2.45, 2.75) is 75.0 Å². The number of hydrogen-bond donors (Lipinski definition) is 1. The molecule has 0 aromatic heterocycles. The van der Waals surface area contributed by atoms with Gasteiger partial charge in [0, 0.05) is 46.2 Å². The fourth-order valence-electron chi connectivity index (χ4n) is 9.00. The number of hydrogen-bond acceptors (Lipinski definition) is 9. The molecule has 6 rings (SSSR count). The molecule has 0 saturated carbocycles. The second-order valence-electron chi connectivity index (χ2n) is 15.2. The number of esters is 1. The molecule has 4 aliphatic rings. The summed E-state index contributed by atoms with van der Waals surface area (Å²) in [5.41, 5.74) is 0.315. The highest BCUT2D eigenvalue weighted by atomic mass is 16.6. The lowest BCUT2D eigenvalue weighted by Gasteiger charge is -2.40. The minimum absolute atomic E-state index is 0.110. The molecular formula is C43H56N4O8. The van der Waals surface area contributed by atoms with Gasteiger partial charge in [0.05, 0.1) is 49.8 Å². The summed E-state index contributed by atoms with van der Waals surface area (Å²) in [6.07, 6.45) is 3.86. The average Bonchev–Trinajstić information content (AvgIpc) is 3.87. The molecule has 1 N–H and O–H groups in total. The van der Waals surface area contributed by atoms with Gasteiger partial charge in [-0.3, -0.25) is 24.1 Å². The Morgan fingerprint density at radius 3 is 2.40 bits per heavy atom. The van der Waals surface area contributed by atoms with Gasteiger partial charge in [-0.1, -0.05) is 72.8 Å². The Morgan fingerprint density at radius 1 is 1.05 bits per heavy atom. The Balaban J connectivity index is 1.33. The number of likely N-dealkylation sites (tertiary alicyclic amines) is 1. The number of ether oxygens (including phenoxy) is 3. The molecular weight excluding hydrogens is 700 g/mol. The van der Waals surface area contributed by atoms with Crippen molar-refractivity contribution in [1.29, 1.82) is 0 Å². The van der Waals surface area contributed by atoms with Gasteiger partial charge in [-0.25, -0.2) is 0 Å². The van der Waals surface area contributed by atoms with Gasteiger partial charge in [0.1, 0.15) is 17.7 Å². The smallest absolute Gasteiger partial charge is 0.313 e. The van der Waals surface area contributed by atoms with Crippen molar-refractivity contribution in [2.24, 2.45) is 11.8 Å². The van der Waals surface area contributed by atoms with Gasteiger partial charge in [0.15, 0.2) is 0 Å². The molecule has 296 valence electrons. The fraction of sp³-hybridized carbons (Fsp3) is 0.535. The van der Waals surface area contributed by atoms with Crippen LogP contribution < -0.4 is 0 Å². The number of carbonyl (C=O) groups excluding carboxylic acids is 4. The van der Waals surface area contributed by atoms with Crippen molar-refractivity contribution in [1.82, 2.24) is 19.6 Å². The molecule has 4 saturated heterocycles. The molecule has 2 bridgehead atoms. The Hall–Kier alpha value is -4.36. The lowest BCUT2D eigenvalue weighted by Crippen LogP contribution is -2.59. The van der Waals surface area contributed by atoms with Gasteiger partial charge in [-0.15, -0.1) is 13.2 Å². The standard InChI is InChI=1S/C43H56N4O8/c1-5-7-18-35(49)44(4)30(3)38(32-16-12-9-13-17-32)54-42(52)36-34-19-20-43(55-34)37(36)40(50)47(33(29-48)28-31-14-10-8-11-15-31)39(43)41(51)46(21-6-2)23-22-45-24-26-53-27-25-45/h5-6,8-17,30,33-34,36-39,48H,1-2,7,18-29H2,3-4H3/t30-,33+,34-,36+,37+,38+,39-,43+/m0/s1. The minimum atomic E-state index is -1.30. The average molecular weight is 757 g/mol. The van der Waals surface area contributed by atoms with Crippen molar-refractivity contribution >= 4 is 23.7 Å². The van der Waals surface area contributed by atoms with Crippen LogP contribution in [-0.4, -0.2) is 138 Å². The summed E-state index contributed by atoms with van der Waals surface area (Å²) in [5, 5.41) is 10.9. The fourth-order valence-corrected chi connectivity index (χ4v) is 9.00. The zero-order valence-electron chi connectivity index (χ0n) is 32.2. The predicted molar refractivity (Wildman–Crippen MR) is 206 cm³/mol. The van der Waals surface area contributed by atoms with Crippen molar-refractivity contribution in [3.8, 4) is 0 Å². The van der Waals surface area contributed by atoms with Crippen LogP contribution in [0.5, 0.6) is 0 Å². The molecule has 4 fully saturated rings. The Bertz CT molecular complexity index is 1670. The van der Waals surface area contributed by atoms with Gasteiger partial charge in [0.2, 0.25) is 17.7 Å². The van der Waals surface area contributed by atoms with Crippen molar-refractivity contribution in [2.75, 3.05) is 59.6 Å². The van der Waals surface area contributed by atoms with E-state index < -0.39 is 59.6 Å². The van der Waals surface area contributed by atoms with Crippen LogP contribution in [0.4, 0.5) is 0 Å². The monoisotopic (exact) mass is 756 g/mol. The van der Waals surface area contributed by atoms with Crippen LogP contribution in [0.3, 0.4) is 0 Å². The van der Waals surface area contributed by atoms with Gasteiger partial charge in [-0.05, 0) is 43.7 Å². The molecule has 1 spiro atoms. The van der Waals surface area contributed by atoms with Crippen LogP contribution in [-0.2, 0) is 39.8 Å². The number of allylic oxidation sites excluding steroid dienone is 1. The Kier molecular flexibility index (Phi) is 13.2. The molecule has 0 aliphatic carbocycles. The van der Waals surface area contributed by atoms with Gasteiger partial charge in [0.25, 0.3) is 0 Å². The summed E-state index contributed by atoms with van der Waals surface area (Å²) in [4.78, 5) is 64.9. The molecule has 12 nitrogen and oxygen atoms in total. The lowest BCUT2D eigenvalue weighted by molar-refractivity contribution is -0.165. The third kappa shape index (κ3) is 8.28. The molecule has 0 unspecified atom stereocenters. The number of benzene rings is 2. The van der Waals surface area contributed by atoms with E-state index in [4.69, 9.17) is 14.2 Å². The van der Waals surface area contributed by atoms with E-state index in [0.717, 1.165) is 18.7 Å². The highest BCUT2D eigenvalue weighted by molar-refractivity contribution is 5.98. The number of morpholine rings is 1. The number of rotatable bonds is 18. The number of aliphatic hydroxyl groups excluding tert-OH is 1. The molecule has 55 heavy (non-hydrogen) atoms. The maximum absolute atomic E-state index is 15.0. The van der Waals surface area contributed by atoms with E-state index >= 15 is 9.59 Å². The van der Waals surface area contributed by atoms with Crippen LogP contribution >= 0.6 is 0 Å². The summed E-state index contributed by atoms with van der Waals surface area (Å²) in [6, 6.07) is 16.5. The van der Waals surface area contributed by atoms with E-state index in [2.05, 4.69) is 18.1 Å². The van der Waals surface area contributed by atoms with Crippen LogP contribution in [0.15, 0.2) is 86.0 Å². The van der Waals surface area contributed by atoms with Crippen LogP contribution in [0.2, 0.25) is 0 Å². The SMILES string of the molecule is C=CCCC(=O)N(C)[C@@H](C)[C@@H](OC(=O)[C@@H]1[C@@H]2CC[C@]3(O2)[C@H](C(=O)N(CC=C)CCN2CCOCC2)N([C@@H](CO)Cc2ccccc2)C(=O)[C@@H]13)c1ccccc1.